The van der Waals surface area contributed by atoms with Crippen molar-refractivity contribution in [2.24, 2.45) is 5.92 Å². The van der Waals surface area contributed by atoms with Gasteiger partial charge in [0.2, 0.25) is 5.91 Å². The fourth-order valence-corrected chi connectivity index (χ4v) is 1.90. The highest BCUT2D eigenvalue weighted by Gasteiger charge is 2.14. The molecule has 6 heteroatoms. The molecule has 0 aliphatic heterocycles. The Bertz CT molecular complexity index is 416. The standard InChI is InChI=1S/C13H19BrN2O2.ClH/c1-4-18-12-6-5-10(14)7-11(12)16-13(17)9(2)8-15-3;/h5-7,9,15H,4,8H2,1-3H3,(H,16,17);1H. The van der Waals surface area contributed by atoms with Crippen molar-refractivity contribution >= 4 is 39.9 Å². The Kier molecular flexibility index (Phi) is 8.80. The van der Waals surface area contributed by atoms with Crippen LogP contribution in [0.2, 0.25) is 0 Å². The Hall–Kier alpha value is -0.780. The molecule has 108 valence electrons. The monoisotopic (exact) mass is 350 g/mol. The number of carbonyl (C=O) groups is 1. The summed E-state index contributed by atoms with van der Waals surface area (Å²) in [5, 5.41) is 5.87. The van der Waals surface area contributed by atoms with Crippen LogP contribution < -0.4 is 15.4 Å². The van der Waals surface area contributed by atoms with Crippen molar-refractivity contribution in [3.63, 3.8) is 0 Å². The van der Waals surface area contributed by atoms with Crippen LogP contribution in [0.1, 0.15) is 13.8 Å². The number of hydrogen-bond donors (Lipinski definition) is 2. The van der Waals surface area contributed by atoms with Crippen molar-refractivity contribution in [2.45, 2.75) is 13.8 Å². The Morgan fingerprint density at radius 1 is 1.47 bits per heavy atom. The summed E-state index contributed by atoms with van der Waals surface area (Å²) in [7, 11) is 1.83. The molecule has 1 rings (SSSR count). The lowest BCUT2D eigenvalue weighted by Crippen LogP contribution is -2.28. The van der Waals surface area contributed by atoms with Gasteiger partial charge in [-0.2, -0.15) is 0 Å². The topological polar surface area (TPSA) is 50.4 Å². The molecule has 1 aromatic rings. The molecule has 0 aliphatic rings. The smallest absolute Gasteiger partial charge is 0.228 e. The van der Waals surface area contributed by atoms with E-state index in [-0.39, 0.29) is 24.2 Å². The molecule has 1 amide bonds. The molecule has 2 N–H and O–H groups in total. The molecule has 1 unspecified atom stereocenters. The van der Waals surface area contributed by atoms with Crippen LogP contribution in [0.25, 0.3) is 0 Å². The van der Waals surface area contributed by atoms with Gasteiger partial charge in [0.15, 0.2) is 0 Å². The molecule has 0 saturated heterocycles. The number of halogens is 2. The van der Waals surface area contributed by atoms with Gasteiger partial charge in [0, 0.05) is 16.9 Å². The molecular formula is C13H20BrClN2O2. The van der Waals surface area contributed by atoms with E-state index in [4.69, 9.17) is 4.74 Å². The molecule has 0 heterocycles. The number of anilines is 1. The molecule has 1 aromatic carbocycles. The second-order valence-corrected chi connectivity index (χ2v) is 4.94. The molecule has 0 spiro atoms. The summed E-state index contributed by atoms with van der Waals surface area (Å²) < 4.78 is 6.39. The van der Waals surface area contributed by atoms with E-state index in [1.807, 2.05) is 39.1 Å². The largest absolute Gasteiger partial charge is 0.492 e. The molecular weight excluding hydrogens is 332 g/mol. The van der Waals surface area contributed by atoms with E-state index in [0.29, 0.717) is 24.6 Å². The normalized spacial score (nSPS) is 11.4. The first-order chi connectivity index (χ1) is 8.58. The van der Waals surface area contributed by atoms with Crippen LogP contribution >= 0.6 is 28.3 Å². The summed E-state index contributed by atoms with van der Waals surface area (Å²) in [6.07, 6.45) is 0. The maximum atomic E-state index is 11.9. The van der Waals surface area contributed by atoms with E-state index in [2.05, 4.69) is 26.6 Å². The first-order valence-electron chi connectivity index (χ1n) is 5.96. The quantitative estimate of drug-likeness (QED) is 0.828. The molecule has 0 bridgehead atoms. The number of carbonyl (C=O) groups excluding carboxylic acids is 1. The maximum absolute atomic E-state index is 11.9. The maximum Gasteiger partial charge on any atom is 0.228 e. The van der Waals surface area contributed by atoms with Crippen molar-refractivity contribution in [3.05, 3.63) is 22.7 Å². The summed E-state index contributed by atoms with van der Waals surface area (Å²) >= 11 is 3.39. The predicted molar refractivity (Wildman–Crippen MR) is 84.3 cm³/mol. The van der Waals surface area contributed by atoms with Gasteiger partial charge in [0.25, 0.3) is 0 Å². The van der Waals surface area contributed by atoms with Gasteiger partial charge in [0.1, 0.15) is 5.75 Å². The van der Waals surface area contributed by atoms with E-state index in [1.54, 1.807) is 0 Å². The number of rotatable bonds is 6. The van der Waals surface area contributed by atoms with Gasteiger partial charge in [-0.3, -0.25) is 4.79 Å². The van der Waals surface area contributed by atoms with Gasteiger partial charge in [0.05, 0.1) is 12.3 Å². The minimum atomic E-state index is -0.0940. The van der Waals surface area contributed by atoms with E-state index in [0.717, 1.165) is 4.47 Å². The SMILES string of the molecule is CCOc1ccc(Br)cc1NC(=O)C(C)CNC.Cl. The molecule has 1 atom stereocenters. The van der Waals surface area contributed by atoms with Crippen LogP contribution in [0, 0.1) is 5.92 Å². The highest BCUT2D eigenvalue weighted by atomic mass is 79.9. The van der Waals surface area contributed by atoms with E-state index in [1.165, 1.54) is 0 Å². The fourth-order valence-electron chi connectivity index (χ4n) is 1.54. The third-order valence-electron chi connectivity index (χ3n) is 2.46. The van der Waals surface area contributed by atoms with Crippen LogP contribution in [0.4, 0.5) is 5.69 Å². The second kappa shape index (κ2) is 9.18. The Labute approximate surface area is 128 Å². The Morgan fingerprint density at radius 3 is 2.74 bits per heavy atom. The van der Waals surface area contributed by atoms with Crippen LogP contribution in [0.5, 0.6) is 5.75 Å². The van der Waals surface area contributed by atoms with Crippen molar-refractivity contribution in [3.8, 4) is 5.75 Å². The minimum absolute atomic E-state index is 0. The van der Waals surface area contributed by atoms with Crippen molar-refractivity contribution < 1.29 is 9.53 Å². The molecule has 0 radical (unpaired) electrons. The van der Waals surface area contributed by atoms with Crippen molar-refractivity contribution in [1.82, 2.24) is 5.32 Å². The Balaban J connectivity index is 0.00000324. The number of benzene rings is 1. The zero-order valence-electron chi connectivity index (χ0n) is 11.3. The highest BCUT2D eigenvalue weighted by Crippen LogP contribution is 2.28. The zero-order chi connectivity index (χ0) is 13.5. The predicted octanol–water partition coefficient (Wildman–Crippen LogP) is 3.06. The van der Waals surface area contributed by atoms with E-state index < -0.39 is 0 Å². The van der Waals surface area contributed by atoms with E-state index >= 15 is 0 Å². The molecule has 0 fully saturated rings. The summed E-state index contributed by atoms with van der Waals surface area (Å²) in [5.74, 6) is 0.567. The summed E-state index contributed by atoms with van der Waals surface area (Å²) in [6.45, 7) is 5.00. The number of amides is 1. The third-order valence-corrected chi connectivity index (χ3v) is 2.95. The lowest BCUT2D eigenvalue weighted by Gasteiger charge is -2.15. The first-order valence-corrected chi connectivity index (χ1v) is 6.75. The van der Waals surface area contributed by atoms with Gasteiger partial charge >= 0.3 is 0 Å². The lowest BCUT2D eigenvalue weighted by molar-refractivity contribution is -0.119. The van der Waals surface area contributed by atoms with Gasteiger partial charge in [-0.25, -0.2) is 0 Å². The number of nitrogens with one attached hydrogen (secondary N) is 2. The minimum Gasteiger partial charge on any atom is -0.492 e. The third kappa shape index (κ3) is 5.80. The van der Waals surface area contributed by atoms with Gasteiger partial charge in [-0.15, -0.1) is 12.4 Å². The van der Waals surface area contributed by atoms with E-state index in [9.17, 15) is 4.79 Å². The van der Waals surface area contributed by atoms with Crippen molar-refractivity contribution in [2.75, 3.05) is 25.5 Å². The molecule has 19 heavy (non-hydrogen) atoms. The molecule has 4 nitrogen and oxygen atoms in total. The van der Waals surface area contributed by atoms with Crippen LogP contribution in [0.15, 0.2) is 22.7 Å². The van der Waals surface area contributed by atoms with Gasteiger partial charge < -0.3 is 15.4 Å². The highest BCUT2D eigenvalue weighted by molar-refractivity contribution is 9.10. The summed E-state index contributed by atoms with van der Waals surface area (Å²) in [5.41, 5.74) is 0.694. The average molecular weight is 352 g/mol. The molecule has 0 aliphatic carbocycles. The summed E-state index contributed by atoms with van der Waals surface area (Å²) in [4.78, 5) is 11.9. The molecule has 0 saturated carbocycles. The van der Waals surface area contributed by atoms with Crippen LogP contribution in [-0.2, 0) is 4.79 Å². The van der Waals surface area contributed by atoms with Gasteiger partial charge in [-0.1, -0.05) is 22.9 Å². The number of ether oxygens (including phenoxy) is 1. The molecule has 0 aromatic heterocycles. The Morgan fingerprint density at radius 2 is 2.16 bits per heavy atom. The van der Waals surface area contributed by atoms with Crippen LogP contribution in [0.3, 0.4) is 0 Å². The first kappa shape index (κ1) is 18.2. The number of hydrogen-bond acceptors (Lipinski definition) is 3. The second-order valence-electron chi connectivity index (χ2n) is 4.02. The fraction of sp³-hybridized carbons (Fsp3) is 0.462. The summed E-state index contributed by atoms with van der Waals surface area (Å²) in [6, 6.07) is 5.57. The van der Waals surface area contributed by atoms with Gasteiger partial charge in [-0.05, 0) is 32.2 Å². The van der Waals surface area contributed by atoms with Crippen LogP contribution in [-0.4, -0.2) is 26.1 Å². The van der Waals surface area contributed by atoms with Crippen molar-refractivity contribution in [1.29, 1.82) is 0 Å². The lowest BCUT2D eigenvalue weighted by atomic mass is 10.1. The zero-order valence-corrected chi connectivity index (χ0v) is 13.7. The average Bonchev–Trinajstić information content (AvgIpc) is 2.33.